The number of hydrogen-bond acceptors (Lipinski definition) is 6. The molecule has 1 aromatic heterocycles. The molecule has 1 atom stereocenters. The summed E-state index contributed by atoms with van der Waals surface area (Å²) in [6, 6.07) is 9.93. The van der Waals surface area contributed by atoms with Gasteiger partial charge in [-0.05, 0) is 36.2 Å². The van der Waals surface area contributed by atoms with Crippen molar-refractivity contribution in [2.45, 2.75) is 25.8 Å². The van der Waals surface area contributed by atoms with E-state index in [1.54, 1.807) is 41.3 Å². The number of ether oxygens (including phenoxy) is 3. The monoisotopic (exact) mass is 423 g/mol. The average molecular weight is 423 g/mol. The van der Waals surface area contributed by atoms with Gasteiger partial charge in [0.25, 0.3) is 5.91 Å². The predicted octanol–water partition coefficient (Wildman–Crippen LogP) is 4.16. The van der Waals surface area contributed by atoms with E-state index in [-0.39, 0.29) is 17.1 Å². The van der Waals surface area contributed by atoms with E-state index < -0.39 is 6.04 Å². The third kappa shape index (κ3) is 3.30. The van der Waals surface area contributed by atoms with Gasteiger partial charge in [0.05, 0.1) is 38.3 Å². The van der Waals surface area contributed by atoms with E-state index in [0.717, 1.165) is 12.8 Å². The van der Waals surface area contributed by atoms with Crippen molar-refractivity contribution >= 4 is 16.9 Å². The number of hydrogen-bond donors (Lipinski definition) is 0. The van der Waals surface area contributed by atoms with Gasteiger partial charge < -0.3 is 23.5 Å². The molecule has 0 fully saturated rings. The summed E-state index contributed by atoms with van der Waals surface area (Å²) in [7, 11) is 4.60. The molecule has 0 saturated heterocycles. The van der Waals surface area contributed by atoms with E-state index in [4.69, 9.17) is 18.6 Å². The lowest BCUT2D eigenvalue weighted by Crippen LogP contribution is -2.30. The lowest BCUT2D eigenvalue weighted by atomic mass is 9.97. The van der Waals surface area contributed by atoms with Crippen molar-refractivity contribution in [1.29, 1.82) is 0 Å². The first-order chi connectivity index (χ1) is 15.0. The third-order valence-corrected chi connectivity index (χ3v) is 5.63. The Morgan fingerprint density at radius 3 is 2.29 bits per heavy atom. The number of benzene rings is 2. The Morgan fingerprint density at radius 2 is 1.68 bits per heavy atom. The van der Waals surface area contributed by atoms with E-state index in [2.05, 4.69) is 6.92 Å². The Kier molecular flexibility index (Phi) is 5.59. The van der Waals surface area contributed by atoms with Crippen molar-refractivity contribution in [3.63, 3.8) is 0 Å². The number of nitrogens with zero attached hydrogens (tertiary/aromatic N) is 1. The fraction of sp³-hybridized carbons (Fsp3) is 0.333. The van der Waals surface area contributed by atoms with Crippen molar-refractivity contribution in [3.05, 3.63) is 63.5 Å². The highest BCUT2D eigenvalue weighted by Crippen LogP contribution is 2.45. The second kappa shape index (κ2) is 8.34. The van der Waals surface area contributed by atoms with Crippen LogP contribution in [0.3, 0.4) is 0 Å². The Labute approximate surface area is 180 Å². The Hall–Kier alpha value is -3.48. The van der Waals surface area contributed by atoms with Gasteiger partial charge in [-0.15, -0.1) is 0 Å². The maximum absolute atomic E-state index is 13.5. The molecule has 1 aliphatic rings. The van der Waals surface area contributed by atoms with Gasteiger partial charge in [0.15, 0.2) is 16.9 Å². The lowest BCUT2D eigenvalue weighted by Gasteiger charge is -2.26. The lowest BCUT2D eigenvalue weighted by molar-refractivity contribution is 0.0725. The first kappa shape index (κ1) is 20.8. The summed E-state index contributed by atoms with van der Waals surface area (Å²) in [4.78, 5) is 28.5. The second-order valence-corrected chi connectivity index (χ2v) is 7.38. The molecule has 162 valence electrons. The summed E-state index contributed by atoms with van der Waals surface area (Å²) in [5.74, 6) is 1.17. The van der Waals surface area contributed by atoms with Gasteiger partial charge in [-0.25, -0.2) is 0 Å². The standard InChI is InChI=1S/C24H25NO6/c1-5-6-11-25-20(14-12-17(28-2)22(30-4)18(13-14)29-3)19-21(26)15-9-7-8-10-16(15)31-23(19)24(25)27/h7-10,12-13,20H,5-6,11H2,1-4H3/t20-/m0/s1. The summed E-state index contributed by atoms with van der Waals surface area (Å²) < 4.78 is 22.4. The van der Waals surface area contributed by atoms with E-state index in [1.165, 1.54) is 21.3 Å². The summed E-state index contributed by atoms with van der Waals surface area (Å²) >= 11 is 0. The first-order valence-corrected chi connectivity index (χ1v) is 10.2. The van der Waals surface area contributed by atoms with Crippen LogP contribution in [-0.4, -0.2) is 38.7 Å². The SMILES string of the molecule is CCCCN1C(=O)c2oc3ccccc3c(=O)c2[C@@H]1c1cc(OC)c(OC)c(OC)c1. The van der Waals surface area contributed by atoms with Crippen LogP contribution in [0.1, 0.15) is 47.5 Å². The van der Waals surface area contributed by atoms with Gasteiger partial charge in [-0.2, -0.15) is 0 Å². The molecule has 4 rings (SSSR count). The van der Waals surface area contributed by atoms with E-state index in [0.29, 0.717) is 45.9 Å². The van der Waals surface area contributed by atoms with Crippen LogP contribution >= 0.6 is 0 Å². The van der Waals surface area contributed by atoms with Gasteiger partial charge >= 0.3 is 0 Å². The number of methoxy groups -OCH3 is 3. The molecular weight excluding hydrogens is 398 g/mol. The van der Waals surface area contributed by atoms with Crippen LogP contribution in [0.15, 0.2) is 45.6 Å². The topological polar surface area (TPSA) is 78.2 Å². The minimum atomic E-state index is -0.608. The molecule has 0 bridgehead atoms. The normalized spacial score (nSPS) is 15.3. The van der Waals surface area contributed by atoms with Crippen LogP contribution in [0.5, 0.6) is 17.2 Å². The number of para-hydroxylation sites is 1. The summed E-state index contributed by atoms with van der Waals surface area (Å²) in [5.41, 5.74) is 1.23. The highest BCUT2D eigenvalue weighted by Gasteiger charge is 2.43. The Morgan fingerprint density at radius 1 is 1.00 bits per heavy atom. The largest absolute Gasteiger partial charge is 0.493 e. The molecule has 2 aromatic carbocycles. The zero-order valence-corrected chi connectivity index (χ0v) is 18.1. The molecule has 31 heavy (non-hydrogen) atoms. The van der Waals surface area contributed by atoms with Crippen molar-refractivity contribution in [2.24, 2.45) is 0 Å². The molecule has 0 unspecified atom stereocenters. The van der Waals surface area contributed by atoms with Crippen molar-refractivity contribution < 1.29 is 23.4 Å². The van der Waals surface area contributed by atoms with Gasteiger partial charge in [-0.1, -0.05) is 25.5 Å². The number of carbonyl (C=O) groups is 1. The molecule has 2 heterocycles. The molecule has 1 aliphatic heterocycles. The molecular formula is C24H25NO6. The number of amides is 1. The zero-order valence-electron chi connectivity index (χ0n) is 18.1. The molecule has 1 amide bonds. The molecule has 3 aromatic rings. The van der Waals surface area contributed by atoms with Crippen LogP contribution in [0.2, 0.25) is 0 Å². The van der Waals surface area contributed by atoms with Crippen LogP contribution in [0.25, 0.3) is 11.0 Å². The van der Waals surface area contributed by atoms with Crippen LogP contribution in [-0.2, 0) is 0 Å². The van der Waals surface area contributed by atoms with Crippen LogP contribution < -0.4 is 19.6 Å². The predicted molar refractivity (Wildman–Crippen MR) is 116 cm³/mol. The van der Waals surface area contributed by atoms with E-state index in [1.807, 2.05) is 0 Å². The van der Waals surface area contributed by atoms with E-state index in [9.17, 15) is 9.59 Å². The van der Waals surface area contributed by atoms with Gasteiger partial charge in [0.1, 0.15) is 5.58 Å². The molecule has 0 radical (unpaired) electrons. The minimum Gasteiger partial charge on any atom is -0.493 e. The summed E-state index contributed by atoms with van der Waals surface area (Å²) in [6.07, 6.45) is 1.71. The third-order valence-electron chi connectivity index (χ3n) is 5.63. The number of rotatable bonds is 7. The number of unbranched alkanes of at least 4 members (excludes halogenated alkanes) is 1. The molecule has 7 heteroatoms. The van der Waals surface area contributed by atoms with Crippen LogP contribution in [0, 0.1) is 0 Å². The Balaban J connectivity index is 1.99. The molecule has 0 saturated carbocycles. The maximum atomic E-state index is 13.5. The quantitative estimate of drug-likeness (QED) is 0.568. The molecule has 0 aliphatic carbocycles. The highest BCUT2D eigenvalue weighted by molar-refractivity contribution is 5.99. The molecule has 7 nitrogen and oxygen atoms in total. The summed E-state index contributed by atoms with van der Waals surface area (Å²) in [5, 5.41) is 0.448. The van der Waals surface area contributed by atoms with Crippen LogP contribution in [0.4, 0.5) is 0 Å². The fourth-order valence-corrected chi connectivity index (χ4v) is 4.13. The molecule has 0 spiro atoms. The van der Waals surface area contributed by atoms with Gasteiger partial charge in [0, 0.05) is 6.54 Å². The smallest absolute Gasteiger partial charge is 0.290 e. The zero-order chi connectivity index (χ0) is 22.1. The average Bonchev–Trinajstić information content (AvgIpc) is 3.08. The second-order valence-electron chi connectivity index (χ2n) is 7.38. The highest BCUT2D eigenvalue weighted by atomic mass is 16.5. The first-order valence-electron chi connectivity index (χ1n) is 10.2. The van der Waals surface area contributed by atoms with E-state index >= 15 is 0 Å². The van der Waals surface area contributed by atoms with Crippen molar-refractivity contribution in [3.8, 4) is 17.2 Å². The summed E-state index contributed by atoms with van der Waals surface area (Å²) in [6.45, 7) is 2.55. The number of fused-ring (bicyclic) bond motifs is 2. The Bertz CT molecular complexity index is 1170. The molecule has 0 N–H and O–H groups in total. The van der Waals surface area contributed by atoms with Gasteiger partial charge in [0.2, 0.25) is 11.5 Å². The van der Waals surface area contributed by atoms with Gasteiger partial charge in [-0.3, -0.25) is 9.59 Å². The number of carbonyl (C=O) groups excluding carboxylic acids is 1. The van der Waals surface area contributed by atoms with Crippen molar-refractivity contribution in [2.75, 3.05) is 27.9 Å². The maximum Gasteiger partial charge on any atom is 0.290 e. The minimum absolute atomic E-state index is 0.0959. The fourth-order valence-electron chi connectivity index (χ4n) is 4.13. The van der Waals surface area contributed by atoms with Crippen molar-refractivity contribution in [1.82, 2.24) is 4.90 Å².